The van der Waals surface area contributed by atoms with E-state index >= 15 is 0 Å². The Morgan fingerprint density at radius 1 is 1.26 bits per heavy atom. The van der Waals surface area contributed by atoms with Gasteiger partial charge in [0.2, 0.25) is 15.9 Å². The maximum Gasteiger partial charge on any atom is 0.244 e. The molecule has 0 bridgehead atoms. The molecule has 3 rings (SSSR count). The van der Waals surface area contributed by atoms with Gasteiger partial charge in [0, 0.05) is 37.8 Å². The first kappa shape index (κ1) is 20.0. The molecule has 1 aromatic rings. The first-order valence-corrected chi connectivity index (χ1v) is 10.8. The normalized spacial score (nSPS) is 19.9. The number of hydrogen-bond donors (Lipinski definition) is 2. The molecule has 1 saturated carbocycles. The molecule has 1 unspecified atom stereocenters. The van der Waals surface area contributed by atoms with E-state index in [0.29, 0.717) is 6.54 Å². The van der Waals surface area contributed by atoms with E-state index in [2.05, 4.69) is 21.9 Å². The van der Waals surface area contributed by atoms with Crippen LogP contribution in [0.2, 0.25) is 0 Å². The van der Waals surface area contributed by atoms with E-state index in [9.17, 15) is 13.2 Å². The zero-order chi connectivity index (χ0) is 19.3. The number of sulfonamides is 1. The zero-order valence-electron chi connectivity index (χ0n) is 15.6. The minimum Gasteiger partial charge on any atom is -0.379 e. The zero-order valence-corrected chi connectivity index (χ0v) is 16.4. The quantitative estimate of drug-likeness (QED) is 0.643. The van der Waals surface area contributed by atoms with Crippen molar-refractivity contribution in [3.05, 3.63) is 35.9 Å². The van der Waals surface area contributed by atoms with Crippen LogP contribution in [0.25, 0.3) is 6.08 Å². The Hall–Kier alpha value is -1.74. The van der Waals surface area contributed by atoms with Gasteiger partial charge < -0.3 is 10.1 Å². The van der Waals surface area contributed by atoms with Crippen LogP contribution in [0.1, 0.15) is 25.3 Å². The summed E-state index contributed by atoms with van der Waals surface area (Å²) in [5.41, 5.74) is 0.775. The standard InChI is InChI=1S/C19H27N3O4S/c1-15(22-10-12-26-13-11-22)14-20-19(23)9-4-16-2-7-18(8-3-16)27(24,25)21-17-5-6-17/h2-4,7-9,15,17,21H,5-6,10-14H2,1H3,(H,20,23)/b9-4+. The smallest absolute Gasteiger partial charge is 0.244 e. The van der Waals surface area contributed by atoms with E-state index in [1.807, 2.05) is 0 Å². The van der Waals surface area contributed by atoms with Crippen LogP contribution in [0.5, 0.6) is 0 Å². The molecule has 27 heavy (non-hydrogen) atoms. The molecular formula is C19H27N3O4S. The molecule has 0 aromatic heterocycles. The second-order valence-corrected chi connectivity index (χ2v) is 8.75. The maximum atomic E-state index is 12.1. The van der Waals surface area contributed by atoms with Gasteiger partial charge >= 0.3 is 0 Å². The van der Waals surface area contributed by atoms with E-state index < -0.39 is 10.0 Å². The highest BCUT2D eigenvalue weighted by molar-refractivity contribution is 7.89. The molecule has 148 valence electrons. The summed E-state index contributed by atoms with van der Waals surface area (Å²) in [6.45, 7) is 5.91. The van der Waals surface area contributed by atoms with Gasteiger partial charge in [0.1, 0.15) is 0 Å². The largest absolute Gasteiger partial charge is 0.379 e. The Kier molecular flexibility index (Phi) is 6.64. The summed E-state index contributed by atoms with van der Waals surface area (Å²) in [6, 6.07) is 6.85. The molecular weight excluding hydrogens is 366 g/mol. The molecule has 1 heterocycles. The first-order chi connectivity index (χ1) is 12.9. The summed E-state index contributed by atoms with van der Waals surface area (Å²) >= 11 is 0. The summed E-state index contributed by atoms with van der Waals surface area (Å²) in [4.78, 5) is 14.6. The van der Waals surface area contributed by atoms with Crippen molar-refractivity contribution in [1.82, 2.24) is 14.9 Å². The van der Waals surface area contributed by atoms with Gasteiger partial charge in [-0.15, -0.1) is 0 Å². The van der Waals surface area contributed by atoms with Gasteiger partial charge in [-0.3, -0.25) is 9.69 Å². The van der Waals surface area contributed by atoms with Gasteiger partial charge in [0.25, 0.3) is 0 Å². The van der Waals surface area contributed by atoms with E-state index in [-0.39, 0.29) is 22.9 Å². The minimum atomic E-state index is -3.44. The van der Waals surface area contributed by atoms with E-state index in [0.717, 1.165) is 44.7 Å². The molecule has 1 aliphatic carbocycles. The predicted octanol–water partition coefficient (Wildman–Crippen LogP) is 0.977. The molecule has 1 aliphatic heterocycles. The number of morpholine rings is 1. The highest BCUT2D eigenvalue weighted by Crippen LogP contribution is 2.22. The van der Waals surface area contributed by atoms with Gasteiger partial charge in [-0.25, -0.2) is 13.1 Å². The van der Waals surface area contributed by atoms with Crippen LogP contribution < -0.4 is 10.0 Å². The SMILES string of the molecule is CC(CNC(=O)/C=C/c1ccc(S(=O)(=O)NC2CC2)cc1)N1CCOCC1. The first-order valence-electron chi connectivity index (χ1n) is 9.34. The summed E-state index contributed by atoms with van der Waals surface area (Å²) in [5, 5.41) is 2.90. The Morgan fingerprint density at radius 2 is 1.93 bits per heavy atom. The lowest BCUT2D eigenvalue weighted by Crippen LogP contribution is -2.47. The molecule has 1 saturated heterocycles. The Morgan fingerprint density at radius 3 is 2.56 bits per heavy atom. The molecule has 0 radical (unpaired) electrons. The molecule has 1 atom stereocenters. The summed E-state index contributed by atoms with van der Waals surface area (Å²) in [7, 11) is -3.44. The topological polar surface area (TPSA) is 87.7 Å². The van der Waals surface area contributed by atoms with Crippen molar-refractivity contribution in [2.24, 2.45) is 0 Å². The van der Waals surface area contributed by atoms with Gasteiger partial charge in [-0.1, -0.05) is 12.1 Å². The summed E-state index contributed by atoms with van der Waals surface area (Å²) < 4.78 is 32.2. The van der Waals surface area contributed by atoms with Gasteiger partial charge in [0.05, 0.1) is 18.1 Å². The molecule has 2 fully saturated rings. The van der Waals surface area contributed by atoms with Crippen LogP contribution >= 0.6 is 0 Å². The molecule has 1 aromatic carbocycles. The van der Waals surface area contributed by atoms with Crippen molar-refractivity contribution < 1.29 is 17.9 Å². The number of carbonyl (C=O) groups is 1. The third kappa shape index (κ3) is 6.14. The average molecular weight is 394 g/mol. The van der Waals surface area contributed by atoms with Gasteiger partial charge in [0.15, 0.2) is 0 Å². The Bertz CT molecular complexity index is 767. The molecule has 1 amide bonds. The van der Waals surface area contributed by atoms with E-state index in [1.54, 1.807) is 30.3 Å². The van der Waals surface area contributed by atoms with Crippen molar-refractivity contribution in [3.63, 3.8) is 0 Å². The van der Waals surface area contributed by atoms with Crippen LogP contribution in [0.4, 0.5) is 0 Å². The number of amides is 1. The van der Waals surface area contributed by atoms with Crippen LogP contribution in [-0.2, 0) is 19.6 Å². The number of carbonyl (C=O) groups excluding carboxylic acids is 1. The fourth-order valence-corrected chi connectivity index (χ4v) is 4.18. The lowest BCUT2D eigenvalue weighted by Gasteiger charge is -2.32. The number of nitrogens with zero attached hydrogens (tertiary/aromatic N) is 1. The molecule has 8 heteroatoms. The Labute approximate surface area is 160 Å². The molecule has 0 spiro atoms. The van der Waals surface area contributed by atoms with E-state index in [1.165, 1.54) is 6.08 Å². The van der Waals surface area contributed by atoms with E-state index in [4.69, 9.17) is 4.74 Å². The monoisotopic (exact) mass is 393 g/mol. The molecule has 2 aliphatic rings. The van der Waals surface area contributed by atoms with Crippen molar-refractivity contribution in [1.29, 1.82) is 0 Å². The fourth-order valence-electron chi connectivity index (χ4n) is 2.87. The Balaban J connectivity index is 1.47. The van der Waals surface area contributed by atoms with Gasteiger partial charge in [-0.05, 0) is 43.5 Å². The number of hydrogen-bond acceptors (Lipinski definition) is 5. The van der Waals surface area contributed by atoms with Crippen molar-refractivity contribution in [2.75, 3.05) is 32.8 Å². The lowest BCUT2D eigenvalue weighted by atomic mass is 10.2. The number of rotatable bonds is 8. The lowest BCUT2D eigenvalue weighted by molar-refractivity contribution is -0.116. The predicted molar refractivity (Wildman–Crippen MR) is 104 cm³/mol. The highest BCUT2D eigenvalue weighted by Gasteiger charge is 2.27. The second-order valence-electron chi connectivity index (χ2n) is 7.04. The highest BCUT2D eigenvalue weighted by atomic mass is 32.2. The number of ether oxygens (including phenoxy) is 1. The number of nitrogens with one attached hydrogen (secondary N) is 2. The van der Waals surface area contributed by atoms with Crippen molar-refractivity contribution >= 4 is 22.0 Å². The summed E-state index contributed by atoms with van der Waals surface area (Å²) in [5.74, 6) is -0.165. The van der Waals surface area contributed by atoms with Crippen LogP contribution in [0, 0.1) is 0 Å². The third-order valence-electron chi connectivity index (χ3n) is 4.76. The second kappa shape index (κ2) is 8.97. The van der Waals surface area contributed by atoms with Crippen LogP contribution in [0.3, 0.4) is 0 Å². The third-order valence-corrected chi connectivity index (χ3v) is 6.29. The van der Waals surface area contributed by atoms with Crippen LogP contribution in [-0.4, -0.2) is 64.2 Å². The van der Waals surface area contributed by atoms with Crippen molar-refractivity contribution in [3.8, 4) is 0 Å². The maximum absolute atomic E-state index is 12.1. The minimum absolute atomic E-state index is 0.0816. The van der Waals surface area contributed by atoms with Crippen molar-refractivity contribution in [2.45, 2.75) is 36.7 Å². The number of benzene rings is 1. The molecule has 2 N–H and O–H groups in total. The van der Waals surface area contributed by atoms with Crippen LogP contribution in [0.15, 0.2) is 35.2 Å². The fraction of sp³-hybridized carbons (Fsp3) is 0.526. The summed E-state index contributed by atoms with van der Waals surface area (Å²) in [6.07, 6.45) is 4.95. The average Bonchev–Trinajstić information content (AvgIpc) is 3.48. The molecule has 7 nitrogen and oxygen atoms in total. The van der Waals surface area contributed by atoms with Gasteiger partial charge in [-0.2, -0.15) is 0 Å².